The van der Waals surface area contributed by atoms with Crippen molar-refractivity contribution < 1.29 is 14.3 Å². The minimum absolute atomic E-state index is 0.0810. The van der Waals surface area contributed by atoms with Crippen LogP contribution in [0.5, 0.6) is 0 Å². The molecular weight excluding hydrogens is 134 g/mol. The van der Waals surface area contributed by atoms with Gasteiger partial charge in [-0.05, 0) is 0 Å². The van der Waals surface area contributed by atoms with Gasteiger partial charge >= 0.3 is 6.09 Å². The lowest BCUT2D eigenvalue weighted by Gasteiger charge is -2.04. The van der Waals surface area contributed by atoms with Gasteiger partial charge in [-0.2, -0.15) is 0 Å². The second-order valence-corrected chi connectivity index (χ2v) is 2.34. The van der Waals surface area contributed by atoms with E-state index in [2.05, 4.69) is 0 Å². The van der Waals surface area contributed by atoms with Crippen LogP contribution < -0.4 is 0 Å². The third-order valence-corrected chi connectivity index (χ3v) is 1.41. The maximum atomic E-state index is 10.7. The van der Waals surface area contributed by atoms with E-state index in [-0.39, 0.29) is 12.2 Å². The standard InChI is InChI=1S/C6H11NO3/c1-7-3-5(4-9-2)10-6(7)8/h5H,3-4H2,1-2H3/t5-/m1/s1. The molecule has 4 nitrogen and oxygen atoms in total. The molecule has 4 heteroatoms. The van der Waals surface area contributed by atoms with Crippen LogP contribution in [0.25, 0.3) is 0 Å². The first-order valence-electron chi connectivity index (χ1n) is 3.14. The van der Waals surface area contributed by atoms with Crippen LogP contribution in [0.3, 0.4) is 0 Å². The molecule has 1 fully saturated rings. The van der Waals surface area contributed by atoms with Gasteiger partial charge in [0.25, 0.3) is 0 Å². The molecule has 1 aliphatic rings. The fourth-order valence-electron chi connectivity index (χ4n) is 0.922. The number of nitrogens with zero attached hydrogens (tertiary/aromatic N) is 1. The summed E-state index contributed by atoms with van der Waals surface area (Å²) in [5, 5.41) is 0. The van der Waals surface area contributed by atoms with Crippen molar-refractivity contribution in [1.29, 1.82) is 0 Å². The van der Waals surface area contributed by atoms with Crippen LogP contribution >= 0.6 is 0 Å². The van der Waals surface area contributed by atoms with E-state index in [9.17, 15) is 4.79 Å². The molecule has 10 heavy (non-hydrogen) atoms. The summed E-state index contributed by atoms with van der Waals surface area (Å²) in [6, 6.07) is 0. The Hall–Kier alpha value is -0.770. The quantitative estimate of drug-likeness (QED) is 0.552. The van der Waals surface area contributed by atoms with Crippen LogP contribution in [0.2, 0.25) is 0 Å². The van der Waals surface area contributed by atoms with Crippen LogP contribution in [-0.4, -0.2) is 44.4 Å². The van der Waals surface area contributed by atoms with Gasteiger partial charge in [-0.1, -0.05) is 0 Å². The SMILES string of the molecule is COC[C@H]1CN(C)C(=O)O1. The summed E-state index contributed by atoms with van der Waals surface area (Å²) in [7, 11) is 3.30. The molecule has 0 unspecified atom stereocenters. The van der Waals surface area contributed by atoms with E-state index >= 15 is 0 Å². The number of hydrogen-bond acceptors (Lipinski definition) is 3. The smallest absolute Gasteiger partial charge is 0.410 e. The predicted molar refractivity (Wildman–Crippen MR) is 34.8 cm³/mol. The first-order valence-corrected chi connectivity index (χ1v) is 3.14. The first kappa shape index (κ1) is 7.34. The van der Waals surface area contributed by atoms with Crippen molar-refractivity contribution in [1.82, 2.24) is 4.90 Å². The van der Waals surface area contributed by atoms with Gasteiger partial charge in [-0.25, -0.2) is 4.79 Å². The largest absolute Gasteiger partial charge is 0.442 e. The Morgan fingerprint density at radius 2 is 2.60 bits per heavy atom. The fraction of sp³-hybridized carbons (Fsp3) is 0.833. The summed E-state index contributed by atoms with van der Waals surface area (Å²) in [4.78, 5) is 12.2. The van der Waals surface area contributed by atoms with Gasteiger partial charge in [-0.15, -0.1) is 0 Å². The van der Waals surface area contributed by atoms with E-state index in [0.29, 0.717) is 13.2 Å². The Labute approximate surface area is 59.7 Å². The predicted octanol–water partition coefficient (Wildman–Crippen LogP) is 0.0834. The Kier molecular flexibility index (Phi) is 2.11. The van der Waals surface area contributed by atoms with Crippen molar-refractivity contribution in [3.05, 3.63) is 0 Å². The molecule has 0 aromatic carbocycles. The van der Waals surface area contributed by atoms with Crippen molar-refractivity contribution in [2.45, 2.75) is 6.10 Å². The molecule has 0 N–H and O–H groups in total. The summed E-state index contributed by atoms with van der Waals surface area (Å²) < 4.78 is 9.69. The van der Waals surface area contributed by atoms with Gasteiger partial charge in [0.1, 0.15) is 6.10 Å². The number of rotatable bonds is 2. The number of amides is 1. The summed E-state index contributed by atoms with van der Waals surface area (Å²) in [5.74, 6) is 0. The van der Waals surface area contributed by atoms with Crippen LogP contribution in [0.1, 0.15) is 0 Å². The van der Waals surface area contributed by atoms with E-state index in [1.807, 2.05) is 0 Å². The number of ether oxygens (including phenoxy) is 2. The lowest BCUT2D eigenvalue weighted by Crippen LogP contribution is -2.21. The summed E-state index contributed by atoms with van der Waals surface area (Å²) in [5.41, 5.74) is 0. The minimum atomic E-state index is -0.262. The molecule has 0 radical (unpaired) electrons. The summed E-state index contributed by atoms with van der Waals surface area (Å²) in [6.45, 7) is 1.11. The molecule has 1 saturated heterocycles. The van der Waals surface area contributed by atoms with Gasteiger partial charge < -0.3 is 14.4 Å². The maximum absolute atomic E-state index is 10.7. The van der Waals surface area contributed by atoms with Crippen LogP contribution in [-0.2, 0) is 9.47 Å². The summed E-state index contributed by atoms with van der Waals surface area (Å²) in [6.07, 6.45) is -0.343. The van der Waals surface area contributed by atoms with Gasteiger partial charge in [-0.3, -0.25) is 0 Å². The molecule has 1 rings (SSSR count). The van der Waals surface area contributed by atoms with Crippen molar-refractivity contribution in [2.75, 3.05) is 27.3 Å². The monoisotopic (exact) mass is 145 g/mol. The van der Waals surface area contributed by atoms with Crippen LogP contribution in [0, 0.1) is 0 Å². The van der Waals surface area contributed by atoms with E-state index in [4.69, 9.17) is 9.47 Å². The molecule has 1 amide bonds. The van der Waals surface area contributed by atoms with E-state index in [0.717, 1.165) is 0 Å². The summed E-state index contributed by atoms with van der Waals surface area (Å²) >= 11 is 0. The third kappa shape index (κ3) is 1.39. The zero-order valence-electron chi connectivity index (χ0n) is 6.16. The number of carbonyl (C=O) groups excluding carboxylic acids is 1. The van der Waals surface area contributed by atoms with E-state index in [1.54, 1.807) is 14.2 Å². The number of likely N-dealkylation sites (N-methyl/N-ethyl adjacent to an activating group) is 1. The highest BCUT2D eigenvalue weighted by Gasteiger charge is 2.27. The maximum Gasteiger partial charge on any atom is 0.410 e. The van der Waals surface area contributed by atoms with Gasteiger partial charge in [0, 0.05) is 14.2 Å². The number of methoxy groups -OCH3 is 1. The highest BCUT2D eigenvalue weighted by Crippen LogP contribution is 2.07. The molecule has 0 aromatic heterocycles. The van der Waals surface area contributed by atoms with Crippen molar-refractivity contribution >= 4 is 6.09 Å². The molecule has 1 atom stereocenters. The van der Waals surface area contributed by atoms with Crippen LogP contribution in [0.4, 0.5) is 4.79 Å². The lowest BCUT2D eigenvalue weighted by atomic mass is 10.4. The molecule has 0 aliphatic carbocycles. The molecule has 0 spiro atoms. The average Bonchev–Trinajstić information content (AvgIpc) is 2.14. The zero-order chi connectivity index (χ0) is 7.56. The molecular formula is C6H11NO3. The van der Waals surface area contributed by atoms with E-state index < -0.39 is 0 Å². The first-order chi connectivity index (χ1) is 4.74. The highest BCUT2D eigenvalue weighted by molar-refractivity contribution is 5.69. The molecule has 0 bridgehead atoms. The van der Waals surface area contributed by atoms with Gasteiger partial charge in [0.15, 0.2) is 0 Å². The van der Waals surface area contributed by atoms with Crippen LogP contribution in [0.15, 0.2) is 0 Å². The second kappa shape index (κ2) is 2.88. The fourth-order valence-corrected chi connectivity index (χ4v) is 0.922. The van der Waals surface area contributed by atoms with Gasteiger partial charge in [0.2, 0.25) is 0 Å². The topological polar surface area (TPSA) is 38.8 Å². The Morgan fingerprint density at radius 1 is 1.90 bits per heavy atom. The number of carbonyl (C=O) groups is 1. The Morgan fingerprint density at radius 3 is 3.00 bits per heavy atom. The molecule has 1 aliphatic heterocycles. The molecule has 1 heterocycles. The molecule has 0 saturated carbocycles. The van der Waals surface area contributed by atoms with Crippen molar-refractivity contribution in [3.63, 3.8) is 0 Å². The van der Waals surface area contributed by atoms with Crippen molar-refractivity contribution in [2.24, 2.45) is 0 Å². The van der Waals surface area contributed by atoms with Gasteiger partial charge in [0.05, 0.1) is 13.2 Å². The number of cyclic esters (lactones) is 1. The highest BCUT2D eigenvalue weighted by atomic mass is 16.6. The van der Waals surface area contributed by atoms with E-state index in [1.165, 1.54) is 4.90 Å². The normalized spacial score (nSPS) is 25.2. The minimum Gasteiger partial charge on any atom is -0.442 e. The van der Waals surface area contributed by atoms with Crippen molar-refractivity contribution in [3.8, 4) is 0 Å². The Bertz CT molecular complexity index is 137. The molecule has 58 valence electrons. The third-order valence-electron chi connectivity index (χ3n) is 1.41. The Balaban J connectivity index is 2.34. The zero-order valence-corrected chi connectivity index (χ0v) is 6.16. The lowest BCUT2D eigenvalue weighted by molar-refractivity contribution is 0.0715. The molecule has 0 aromatic rings. The average molecular weight is 145 g/mol. The number of hydrogen-bond donors (Lipinski definition) is 0. The second-order valence-electron chi connectivity index (χ2n) is 2.34.